The standard InChI is InChI=1S/C24H24N4O2S/c1-17(29)25-20-10-7-18(8-11-20)9-12-23(30)27-24-26-21-13-14-28(16-22(21)31-24)15-19-5-3-2-4-6-19/h2-12H,13-16H2,1H3,(H,25,29)(H,26,27,30)/b12-9+. The molecule has 0 atom stereocenters. The van der Waals surface area contributed by atoms with Crippen molar-refractivity contribution in [3.05, 3.63) is 82.4 Å². The number of hydrogen-bond donors (Lipinski definition) is 2. The lowest BCUT2D eigenvalue weighted by atomic mass is 10.1. The summed E-state index contributed by atoms with van der Waals surface area (Å²) in [6.07, 6.45) is 4.13. The molecule has 2 N–H and O–H groups in total. The summed E-state index contributed by atoms with van der Waals surface area (Å²) in [4.78, 5) is 31.6. The second-order valence-corrected chi connectivity index (χ2v) is 8.54. The Morgan fingerprint density at radius 3 is 2.61 bits per heavy atom. The van der Waals surface area contributed by atoms with Gasteiger partial charge < -0.3 is 5.32 Å². The van der Waals surface area contributed by atoms with Crippen molar-refractivity contribution in [2.75, 3.05) is 17.2 Å². The molecule has 2 aromatic carbocycles. The van der Waals surface area contributed by atoms with Crippen LogP contribution in [0.4, 0.5) is 10.8 Å². The number of nitrogens with one attached hydrogen (secondary N) is 2. The Bertz CT molecular complexity index is 1090. The fraction of sp³-hybridized carbons (Fsp3) is 0.208. The average Bonchev–Trinajstić information content (AvgIpc) is 3.15. The first-order valence-electron chi connectivity index (χ1n) is 10.2. The van der Waals surface area contributed by atoms with Gasteiger partial charge in [-0.1, -0.05) is 42.5 Å². The Kier molecular flexibility index (Phi) is 6.54. The first-order valence-corrected chi connectivity index (χ1v) is 11.0. The van der Waals surface area contributed by atoms with Gasteiger partial charge in [-0.15, -0.1) is 11.3 Å². The van der Waals surface area contributed by atoms with Crippen LogP contribution in [0.15, 0.2) is 60.7 Å². The molecule has 3 aromatic rings. The molecule has 2 heterocycles. The first-order chi connectivity index (χ1) is 15.0. The van der Waals surface area contributed by atoms with Crippen molar-refractivity contribution in [1.82, 2.24) is 9.88 Å². The maximum absolute atomic E-state index is 12.3. The molecule has 7 heteroatoms. The minimum atomic E-state index is -0.210. The predicted octanol–water partition coefficient (Wildman–Crippen LogP) is 4.31. The van der Waals surface area contributed by atoms with Gasteiger partial charge in [-0.3, -0.25) is 19.8 Å². The monoisotopic (exact) mass is 432 g/mol. The van der Waals surface area contributed by atoms with E-state index in [1.54, 1.807) is 29.5 Å². The Hall–Kier alpha value is -3.29. The fourth-order valence-electron chi connectivity index (χ4n) is 3.48. The van der Waals surface area contributed by atoms with Crippen LogP contribution in [0.5, 0.6) is 0 Å². The predicted molar refractivity (Wildman–Crippen MR) is 125 cm³/mol. The number of carbonyl (C=O) groups is 2. The van der Waals surface area contributed by atoms with Crippen LogP contribution in [0.3, 0.4) is 0 Å². The summed E-state index contributed by atoms with van der Waals surface area (Å²) in [6, 6.07) is 17.7. The summed E-state index contributed by atoms with van der Waals surface area (Å²) in [5.74, 6) is -0.324. The van der Waals surface area contributed by atoms with E-state index < -0.39 is 0 Å². The second kappa shape index (κ2) is 9.68. The zero-order valence-corrected chi connectivity index (χ0v) is 18.1. The Morgan fingerprint density at radius 2 is 1.87 bits per heavy atom. The van der Waals surface area contributed by atoms with Crippen molar-refractivity contribution in [3.8, 4) is 0 Å². The number of amides is 2. The fourth-order valence-corrected chi connectivity index (χ4v) is 4.53. The lowest BCUT2D eigenvalue weighted by Gasteiger charge is -2.25. The molecular formula is C24H24N4O2S. The first kappa shape index (κ1) is 21.0. The molecule has 0 aliphatic carbocycles. The molecule has 0 saturated carbocycles. The summed E-state index contributed by atoms with van der Waals surface area (Å²) in [5.41, 5.74) is 3.99. The number of carbonyl (C=O) groups excluding carboxylic acids is 2. The Labute approximate surface area is 185 Å². The van der Waals surface area contributed by atoms with E-state index in [2.05, 4.69) is 44.8 Å². The molecule has 0 unspecified atom stereocenters. The molecule has 1 aliphatic heterocycles. The molecular weight excluding hydrogens is 408 g/mol. The van der Waals surface area contributed by atoms with E-state index in [0.717, 1.165) is 43.0 Å². The van der Waals surface area contributed by atoms with Gasteiger partial charge in [0.05, 0.1) is 5.69 Å². The van der Waals surface area contributed by atoms with E-state index in [9.17, 15) is 9.59 Å². The minimum Gasteiger partial charge on any atom is -0.326 e. The third-order valence-corrected chi connectivity index (χ3v) is 5.95. The normalized spacial score (nSPS) is 13.7. The third kappa shape index (κ3) is 5.87. The number of aromatic nitrogens is 1. The maximum atomic E-state index is 12.3. The molecule has 2 amide bonds. The SMILES string of the molecule is CC(=O)Nc1ccc(/C=C/C(=O)Nc2nc3c(s2)CN(Cc2ccccc2)CC3)cc1. The number of hydrogen-bond acceptors (Lipinski definition) is 5. The average molecular weight is 433 g/mol. The smallest absolute Gasteiger partial charge is 0.250 e. The maximum Gasteiger partial charge on any atom is 0.250 e. The van der Waals surface area contributed by atoms with Crippen LogP contribution >= 0.6 is 11.3 Å². The number of benzene rings is 2. The Morgan fingerprint density at radius 1 is 1.10 bits per heavy atom. The molecule has 1 aliphatic rings. The van der Waals surface area contributed by atoms with Crippen molar-refractivity contribution in [2.24, 2.45) is 0 Å². The van der Waals surface area contributed by atoms with Crippen LogP contribution < -0.4 is 10.6 Å². The van der Waals surface area contributed by atoms with E-state index in [0.29, 0.717) is 5.13 Å². The number of nitrogens with zero attached hydrogens (tertiary/aromatic N) is 2. The number of fused-ring (bicyclic) bond motifs is 1. The van der Waals surface area contributed by atoms with Gasteiger partial charge >= 0.3 is 0 Å². The van der Waals surface area contributed by atoms with Gasteiger partial charge in [-0.05, 0) is 29.3 Å². The van der Waals surface area contributed by atoms with Crippen molar-refractivity contribution in [3.63, 3.8) is 0 Å². The number of thiazole rings is 1. The molecule has 31 heavy (non-hydrogen) atoms. The van der Waals surface area contributed by atoms with Crippen LogP contribution in [0, 0.1) is 0 Å². The van der Waals surface area contributed by atoms with Crippen LogP contribution in [0.25, 0.3) is 6.08 Å². The molecule has 0 saturated heterocycles. The van der Waals surface area contributed by atoms with Gasteiger partial charge in [-0.2, -0.15) is 0 Å². The van der Waals surface area contributed by atoms with E-state index in [1.807, 2.05) is 18.2 Å². The van der Waals surface area contributed by atoms with E-state index in [1.165, 1.54) is 23.4 Å². The van der Waals surface area contributed by atoms with Gasteiger partial charge in [0.2, 0.25) is 11.8 Å². The van der Waals surface area contributed by atoms with Gasteiger partial charge in [0.15, 0.2) is 5.13 Å². The van der Waals surface area contributed by atoms with Gasteiger partial charge in [0, 0.05) is 49.6 Å². The third-order valence-electron chi connectivity index (χ3n) is 4.95. The van der Waals surface area contributed by atoms with Crippen molar-refractivity contribution in [2.45, 2.75) is 26.4 Å². The lowest BCUT2D eigenvalue weighted by molar-refractivity contribution is -0.114. The quantitative estimate of drug-likeness (QED) is 0.569. The molecule has 0 fully saturated rings. The van der Waals surface area contributed by atoms with Crippen molar-refractivity contribution < 1.29 is 9.59 Å². The molecule has 0 spiro atoms. The zero-order valence-electron chi connectivity index (χ0n) is 17.3. The molecule has 6 nitrogen and oxygen atoms in total. The van der Waals surface area contributed by atoms with Crippen molar-refractivity contribution >= 4 is 40.0 Å². The largest absolute Gasteiger partial charge is 0.326 e. The van der Waals surface area contributed by atoms with Gasteiger partial charge in [0.1, 0.15) is 0 Å². The van der Waals surface area contributed by atoms with E-state index >= 15 is 0 Å². The minimum absolute atomic E-state index is 0.114. The second-order valence-electron chi connectivity index (χ2n) is 7.46. The van der Waals surface area contributed by atoms with Crippen LogP contribution in [-0.2, 0) is 29.1 Å². The summed E-state index contributed by atoms with van der Waals surface area (Å²) in [7, 11) is 0. The number of rotatable bonds is 6. The van der Waals surface area contributed by atoms with E-state index in [4.69, 9.17) is 0 Å². The number of anilines is 2. The highest BCUT2D eigenvalue weighted by Gasteiger charge is 2.21. The van der Waals surface area contributed by atoms with Crippen LogP contribution in [-0.4, -0.2) is 28.2 Å². The van der Waals surface area contributed by atoms with Crippen LogP contribution in [0.2, 0.25) is 0 Å². The zero-order chi connectivity index (χ0) is 21.6. The van der Waals surface area contributed by atoms with E-state index in [-0.39, 0.29) is 11.8 Å². The highest BCUT2D eigenvalue weighted by molar-refractivity contribution is 7.15. The summed E-state index contributed by atoms with van der Waals surface area (Å²) in [6.45, 7) is 4.21. The molecule has 4 rings (SSSR count). The molecule has 0 radical (unpaired) electrons. The van der Waals surface area contributed by atoms with Gasteiger partial charge in [-0.25, -0.2) is 4.98 Å². The summed E-state index contributed by atoms with van der Waals surface area (Å²) < 4.78 is 0. The molecule has 158 valence electrons. The van der Waals surface area contributed by atoms with Gasteiger partial charge in [0.25, 0.3) is 0 Å². The topological polar surface area (TPSA) is 74.3 Å². The molecule has 1 aromatic heterocycles. The highest BCUT2D eigenvalue weighted by Crippen LogP contribution is 2.29. The summed E-state index contributed by atoms with van der Waals surface area (Å²) >= 11 is 1.55. The lowest BCUT2D eigenvalue weighted by Crippen LogP contribution is -2.29. The molecule has 0 bridgehead atoms. The highest BCUT2D eigenvalue weighted by atomic mass is 32.1. The summed E-state index contributed by atoms with van der Waals surface area (Å²) in [5, 5.41) is 6.24. The van der Waals surface area contributed by atoms with Crippen LogP contribution in [0.1, 0.15) is 28.6 Å². The Balaban J connectivity index is 1.32. The van der Waals surface area contributed by atoms with Crippen molar-refractivity contribution in [1.29, 1.82) is 0 Å².